The van der Waals surface area contributed by atoms with Crippen LogP contribution >= 0.6 is 0 Å². The maximum atomic E-state index is 13.4. The first-order chi connectivity index (χ1) is 15.6. The molecule has 0 aliphatic carbocycles. The van der Waals surface area contributed by atoms with Crippen molar-refractivity contribution in [2.24, 2.45) is 0 Å². The van der Waals surface area contributed by atoms with Crippen LogP contribution < -0.4 is 4.90 Å². The lowest BCUT2D eigenvalue weighted by Crippen LogP contribution is -2.55. The van der Waals surface area contributed by atoms with Crippen LogP contribution in [0, 0.1) is 17.0 Å². The van der Waals surface area contributed by atoms with Crippen LogP contribution in [0.25, 0.3) is 6.08 Å². The molecule has 3 aromatic rings. The third kappa shape index (κ3) is 4.19. The summed E-state index contributed by atoms with van der Waals surface area (Å²) in [5.41, 5.74) is 4.61. The van der Waals surface area contributed by atoms with E-state index in [1.165, 1.54) is 23.3 Å². The lowest BCUT2D eigenvalue weighted by Gasteiger charge is -2.51. The van der Waals surface area contributed by atoms with E-state index in [-0.39, 0.29) is 17.0 Å². The van der Waals surface area contributed by atoms with Gasteiger partial charge in [0, 0.05) is 34.9 Å². The van der Waals surface area contributed by atoms with Gasteiger partial charge in [0.25, 0.3) is 11.6 Å². The highest BCUT2D eigenvalue weighted by Crippen LogP contribution is 2.50. The fourth-order valence-corrected chi connectivity index (χ4v) is 5.05. The Hall–Kier alpha value is -3.73. The number of carbonyl (C=O) groups excluding carboxylic acids is 1. The number of carbonyl (C=O) groups is 1. The van der Waals surface area contributed by atoms with E-state index in [1.54, 1.807) is 24.3 Å². The summed E-state index contributed by atoms with van der Waals surface area (Å²) >= 11 is 0. The molecule has 168 valence electrons. The molecule has 0 bridgehead atoms. The molecule has 1 atom stereocenters. The molecule has 33 heavy (non-hydrogen) atoms. The van der Waals surface area contributed by atoms with Gasteiger partial charge in [0.05, 0.1) is 4.92 Å². The highest BCUT2D eigenvalue weighted by molar-refractivity contribution is 6.06. The number of benzene rings is 3. The van der Waals surface area contributed by atoms with Crippen LogP contribution in [0.3, 0.4) is 0 Å². The third-order valence-electron chi connectivity index (χ3n) is 6.56. The molecule has 0 fully saturated rings. The number of hydrogen-bond acceptors (Lipinski definition) is 3. The summed E-state index contributed by atoms with van der Waals surface area (Å²) < 4.78 is 0. The van der Waals surface area contributed by atoms with Gasteiger partial charge in [0.2, 0.25) is 0 Å². The molecule has 0 spiro atoms. The van der Waals surface area contributed by atoms with Crippen molar-refractivity contribution in [1.82, 2.24) is 0 Å². The van der Waals surface area contributed by atoms with E-state index in [9.17, 15) is 14.9 Å². The van der Waals surface area contributed by atoms with Crippen molar-refractivity contribution in [1.29, 1.82) is 0 Å². The number of nitro groups is 1. The minimum atomic E-state index is -0.434. The van der Waals surface area contributed by atoms with Crippen molar-refractivity contribution in [2.75, 3.05) is 4.90 Å². The monoisotopic (exact) mass is 440 g/mol. The predicted octanol–water partition coefficient (Wildman–Crippen LogP) is 6.44. The SMILES string of the molecule is Cc1ccc([C@]2(C)CC(C)(C)N(C(=O)/C=C/c3ccc([N+](=O)[O-])cc3)c3ccccc32)cc1. The first-order valence-corrected chi connectivity index (χ1v) is 11.1. The number of non-ortho nitro benzene ring substituents is 1. The lowest BCUT2D eigenvalue weighted by atomic mass is 9.65. The van der Waals surface area contributed by atoms with Gasteiger partial charge in [0.15, 0.2) is 0 Å². The van der Waals surface area contributed by atoms with E-state index >= 15 is 0 Å². The van der Waals surface area contributed by atoms with Crippen LogP contribution in [0.1, 0.15) is 49.4 Å². The number of para-hydroxylation sites is 1. The van der Waals surface area contributed by atoms with Gasteiger partial charge >= 0.3 is 0 Å². The van der Waals surface area contributed by atoms with Crippen molar-refractivity contribution < 1.29 is 9.72 Å². The summed E-state index contributed by atoms with van der Waals surface area (Å²) in [4.78, 5) is 25.8. The number of rotatable bonds is 4. The number of hydrogen-bond donors (Lipinski definition) is 0. The average molecular weight is 441 g/mol. The van der Waals surface area contributed by atoms with E-state index in [0.717, 1.165) is 23.2 Å². The summed E-state index contributed by atoms with van der Waals surface area (Å²) in [6, 6.07) is 23.0. The minimum Gasteiger partial charge on any atom is -0.303 e. The molecule has 1 heterocycles. The quantitative estimate of drug-likeness (QED) is 0.266. The minimum absolute atomic E-state index is 0.0277. The number of aryl methyl sites for hydroxylation is 1. The molecular formula is C28H28N2O3. The zero-order chi connectivity index (χ0) is 23.8. The largest absolute Gasteiger partial charge is 0.303 e. The Morgan fingerprint density at radius 3 is 2.24 bits per heavy atom. The number of nitrogens with zero attached hydrogens (tertiary/aromatic N) is 2. The second-order valence-corrected chi connectivity index (χ2v) is 9.56. The zero-order valence-electron chi connectivity index (χ0n) is 19.4. The molecule has 1 amide bonds. The molecule has 0 saturated heterocycles. The van der Waals surface area contributed by atoms with Gasteiger partial charge in [-0.1, -0.05) is 55.0 Å². The van der Waals surface area contributed by atoms with Gasteiger partial charge in [-0.15, -0.1) is 0 Å². The highest BCUT2D eigenvalue weighted by Gasteiger charge is 2.47. The molecule has 1 aliphatic rings. The first kappa shape index (κ1) is 22.5. The molecule has 4 rings (SSSR count). The maximum Gasteiger partial charge on any atom is 0.269 e. The Morgan fingerprint density at radius 2 is 1.61 bits per heavy atom. The van der Waals surface area contributed by atoms with E-state index in [1.807, 2.05) is 23.1 Å². The van der Waals surface area contributed by atoms with Crippen LogP contribution in [0.4, 0.5) is 11.4 Å². The number of anilines is 1. The molecule has 0 radical (unpaired) electrons. The van der Waals surface area contributed by atoms with Gasteiger partial charge in [-0.25, -0.2) is 0 Å². The second-order valence-electron chi connectivity index (χ2n) is 9.56. The summed E-state index contributed by atoms with van der Waals surface area (Å²) in [5, 5.41) is 10.9. The van der Waals surface area contributed by atoms with Crippen molar-refractivity contribution >= 4 is 23.4 Å². The Bertz CT molecular complexity index is 1230. The van der Waals surface area contributed by atoms with Crippen LogP contribution in [0.5, 0.6) is 0 Å². The smallest absolute Gasteiger partial charge is 0.269 e. The third-order valence-corrected chi connectivity index (χ3v) is 6.56. The summed E-state index contributed by atoms with van der Waals surface area (Å²) in [5.74, 6) is -0.114. The second kappa shape index (κ2) is 8.32. The Balaban J connectivity index is 1.71. The maximum absolute atomic E-state index is 13.4. The topological polar surface area (TPSA) is 63.5 Å². The van der Waals surface area contributed by atoms with E-state index in [2.05, 4.69) is 58.0 Å². The fourth-order valence-electron chi connectivity index (χ4n) is 5.05. The van der Waals surface area contributed by atoms with E-state index in [0.29, 0.717) is 0 Å². The molecule has 1 aliphatic heterocycles. The highest BCUT2D eigenvalue weighted by atomic mass is 16.6. The van der Waals surface area contributed by atoms with Gasteiger partial charge in [0.1, 0.15) is 0 Å². The molecule has 0 N–H and O–H groups in total. The molecule has 0 unspecified atom stereocenters. The van der Waals surface area contributed by atoms with Gasteiger partial charge < -0.3 is 4.90 Å². The summed E-state index contributed by atoms with van der Waals surface area (Å²) in [6.07, 6.45) is 4.03. The zero-order valence-corrected chi connectivity index (χ0v) is 19.4. The van der Waals surface area contributed by atoms with Crippen LogP contribution in [-0.2, 0) is 10.2 Å². The molecule has 5 heteroatoms. The Morgan fingerprint density at radius 1 is 0.970 bits per heavy atom. The number of fused-ring (bicyclic) bond motifs is 1. The normalized spacial score (nSPS) is 19.3. The summed E-state index contributed by atoms with van der Waals surface area (Å²) in [7, 11) is 0. The van der Waals surface area contributed by atoms with E-state index < -0.39 is 10.5 Å². The van der Waals surface area contributed by atoms with E-state index in [4.69, 9.17) is 0 Å². The fraction of sp³-hybridized carbons (Fsp3) is 0.250. The van der Waals surface area contributed by atoms with Gasteiger partial charge in [-0.3, -0.25) is 14.9 Å². The van der Waals surface area contributed by atoms with Crippen LogP contribution in [0.2, 0.25) is 0 Å². The van der Waals surface area contributed by atoms with Gasteiger partial charge in [-0.2, -0.15) is 0 Å². The molecule has 5 nitrogen and oxygen atoms in total. The van der Waals surface area contributed by atoms with Crippen LogP contribution in [-0.4, -0.2) is 16.4 Å². The molecule has 0 saturated carbocycles. The molecule has 0 aromatic heterocycles. The predicted molar refractivity (Wildman–Crippen MR) is 132 cm³/mol. The Labute approximate surface area is 194 Å². The van der Waals surface area contributed by atoms with Crippen molar-refractivity contribution in [3.8, 4) is 0 Å². The number of amides is 1. The summed E-state index contributed by atoms with van der Waals surface area (Å²) in [6.45, 7) is 8.55. The van der Waals surface area contributed by atoms with Gasteiger partial charge in [-0.05, 0) is 68.2 Å². The first-order valence-electron chi connectivity index (χ1n) is 11.1. The lowest BCUT2D eigenvalue weighted by molar-refractivity contribution is -0.384. The Kier molecular flexibility index (Phi) is 5.66. The molecule has 3 aromatic carbocycles. The van der Waals surface area contributed by atoms with Crippen LogP contribution in [0.15, 0.2) is 78.9 Å². The average Bonchev–Trinajstić information content (AvgIpc) is 2.77. The standard InChI is InChI=1S/C28H28N2O3/c1-20-9-14-22(15-10-20)28(4)19-27(2,3)29(25-8-6-5-7-24(25)28)26(31)18-13-21-11-16-23(17-12-21)30(32)33/h5-18H,19H2,1-4H3/b18-13+/t28-/m0/s1. The van der Waals surface area contributed by atoms with Crippen molar-refractivity contribution in [3.63, 3.8) is 0 Å². The molecular weight excluding hydrogens is 412 g/mol. The number of nitro benzene ring substituents is 1. The van der Waals surface area contributed by atoms with Crippen molar-refractivity contribution in [2.45, 2.75) is 45.1 Å². The van der Waals surface area contributed by atoms with Crippen molar-refractivity contribution in [3.05, 3.63) is 111 Å².